The van der Waals surface area contributed by atoms with Crippen molar-refractivity contribution in [2.75, 3.05) is 19.6 Å². The fourth-order valence-corrected chi connectivity index (χ4v) is 3.09. The van der Waals surface area contributed by atoms with Crippen molar-refractivity contribution in [2.45, 2.75) is 46.5 Å². The number of amides is 1. The number of unbranched alkanes of at least 4 members (excludes halogenated alkanes) is 1. The number of aryl methyl sites for hydroxylation is 1. The topological polar surface area (TPSA) is 81.2 Å². The largest absolute Gasteiger partial charge is 0.342 e. The van der Waals surface area contributed by atoms with Crippen LogP contribution >= 0.6 is 0 Å². The molecule has 0 unspecified atom stereocenters. The van der Waals surface area contributed by atoms with E-state index in [1.165, 1.54) is 6.08 Å². The van der Waals surface area contributed by atoms with E-state index < -0.39 is 5.91 Å². The Hall–Kier alpha value is -2.18. The second-order valence-electron chi connectivity index (χ2n) is 6.40. The number of H-pyrrole nitrogens is 1. The zero-order valence-corrected chi connectivity index (χ0v) is 16.0. The predicted molar refractivity (Wildman–Crippen MR) is 105 cm³/mol. The van der Waals surface area contributed by atoms with Gasteiger partial charge in [0, 0.05) is 19.0 Å². The Labute approximate surface area is 155 Å². The number of carbonyl (C=O) groups is 1. The van der Waals surface area contributed by atoms with E-state index >= 15 is 0 Å². The summed E-state index contributed by atoms with van der Waals surface area (Å²) in [5, 5.41) is 8.70. The standard InChI is InChI=1S/C20H30N4O2/c1-4-7-8-18-21-17-11-9-15(10-12-19(25)23-26)16(20(17)22-18)13-14-24(5-2)6-3/h9-12,26H,4-8,13-14H2,1-3H3,(H,21,22)(H,23,25)/b12-10+. The number of likely N-dealkylation sites (N-methyl/N-ethyl adjacent to an activating group) is 1. The minimum absolute atomic E-state index is 0.537. The highest BCUT2D eigenvalue weighted by Gasteiger charge is 2.12. The first kappa shape index (κ1) is 20.1. The molecular formula is C20H30N4O2. The number of aromatic amines is 1. The summed E-state index contributed by atoms with van der Waals surface area (Å²) < 4.78 is 0. The van der Waals surface area contributed by atoms with Gasteiger partial charge in [-0.3, -0.25) is 10.0 Å². The van der Waals surface area contributed by atoms with Crippen LogP contribution < -0.4 is 5.48 Å². The summed E-state index contributed by atoms with van der Waals surface area (Å²) in [5.41, 5.74) is 5.74. The third-order valence-corrected chi connectivity index (χ3v) is 4.71. The zero-order valence-electron chi connectivity index (χ0n) is 16.0. The van der Waals surface area contributed by atoms with Gasteiger partial charge in [-0.25, -0.2) is 10.5 Å². The number of hydrogen-bond acceptors (Lipinski definition) is 4. The number of carbonyl (C=O) groups excluding carboxylic acids is 1. The zero-order chi connectivity index (χ0) is 18.9. The smallest absolute Gasteiger partial charge is 0.267 e. The van der Waals surface area contributed by atoms with Crippen LogP contribution in [-0.4, -0.2) is 45.6 Å². The average molecular weight is 358 g/mol. The van der Waals surface area contributed by atoms with E-state index in [0.717, 1.165) is 73.3 Å². The molecule has 3 N–H and O–H groups in total. The molecule has 0 saturated carbocycles. The molecule has 142 valence electrons. The fourth-order valence-electron chi connectivity index (χ4n) is 3.09. The molecule has 1 aromatic heterocycles. The Morgan fingerprint density at radius 2 is 2.04 bits per heavy atom. The SMILES string of the molecule is CCCCc1nc2c(CCN(CC)CC)c(/C=C/C(=O)NO)ccc2[nH]1. The molecule has 0 aliphatic carbocycles. The van der Waals surface area contributed by atoms with Crippen LogP contribution in [0.1, 0.15) is 50.6 Å². The van der Waals surface area contributed by atoms with Gasteiger partial charge in [-0.05, 0) is 49.2 Å². The average Bonchev–Trinajstić information content (AvgIpc) is 3.08. The number of fused-ring (bicyclic) bond motifs is 1. The second kappa shape index (κ2) is 10.1. The number of nitrogens with zero attached hydrogens (tertiary/aromatic N) is 2. The lowest BCUT2D eigenvalue weighted by Gasteiger charge is -2.18. The maximum atomic E-state index is 11.4. The van der Waals surface area contributed by atoms with Gasteiger partial charge in [-0.15, -0.1) is 0 Å². The monoisotopic (exact) mass is 358 g/mol. The Kier molecular flexibility index (Phi) is 7.81. The van der Waals surface area contributed by atoms with Gasteiger partial charge < -0.3 is 9.88 Å². The number of hydroxylamine groups is 1. The number of aromatic nitrogens is 2. The molecule has 0 aliphatic heterocycles. The van der Waals surface area contributed by atoms with Gasteiger partial charge in [0.05, 0.1) is 11.0 Å². The molecule has 2 rings (SSSR count). The van der Waals surface area contributed by atoms with Gasteiger partial charge in [0.25, 0.3) is 5.91 Å². The number of hydrogen-bond donors (Lipinski definition) is 3. The second-order valence-corrected chi connectivity index (χ2v) is 6.40. The Bertz CT molecular complexity index is 748. The van der Waals surface area contributed by atoms with Gasteiger partial charge in [0.2, 0.25) is 0 Å². The summed E-state index contributed by atoms with van der Waals surface area (Å²) in [7, 11) is 0. The van der Waals surface area contributed by atoms with E-state index in [-0.39, 0.29) is 0 Å². The van der Waals surface area contributed by atoms with Crippen molar-refractivity contribution < 1.29 is 10.0 Å². The van der Waals surface area contributed by atoms with Gasteiger partial charge in [0.1, 0.15) is 5.82 Å². The van der Waals surface area contributed by atoms with Crippen LogP contribution in [0.3, 0.4) is 0 Å². The molecule has 1 amide bonds. The Morgan fingerprint density at radius 3 is 2.69 bits per heavy atom. The highest BCUT2D eigenvalue weighted by molar-refractivity contribution is 5.92. The van der Waals surface area contributed by atoms with Crippen molar-refractivity contribution in [1.29, 1.82) is 0 Å². The Morgan fingerprint density at radius 1 is 1.27 bits per heavy atom. The van der Waals surface area contributed by atoms with Gasteiger partial charge in [0.15, 0.2) is 0 Å². The molecule has 0 fully saturated rings. The molecule has 0 radical (unpaired) electrons. The lowest BCUT2D eigenvalue weighted by Crippen LogP contribution is -2.25. The highest BCUT2D eigenvalue weighted by atomic mass is 16.5. The Balaban J connectivity index is 2.39. The van der Waals surface area contributed by atoms with E-state index in [4.69, 9.17) is 10.2 Å². The van der Waals surface area contributed by atoms with Crippen LogP contribution in [0, 0.1) is 0 Å². The lowest BCUT2D eigenvalue weighted by atomic mass is 10.0. The molecule has 0 atom stereocenters. The summed E-state index contributed by atoms with van der Waals surface area (Å²) in [6, 6.07) is 4.01. The van der Waals surface area contributed by atoms with Crippen molar-refractivity contribution in [2.24, 2.45) is 0 Å². The first-order valence-corrected chi connectivity index (χ1v) is 9.47. The van der Waals surface area contributed by atoms with Crippen molar-refractivity contribution >= 4 is 23.0 Å². The minimum atomic E-state index is -0.537. The summed E-state index contributed by atoms with van der Waals surface area (Å²) in [4.78, 5) is 22.0. The van der Waals surface area contributed by atoms with Crippen LogP contribution in [0.2, 0.25) is 0 Å². The number of benzene rings is 1. The molecule has 2 aromatic rings. The molecule has 0 saturated heterocycles. The van der Waals surface area contributed by atoms with Crippen molar-refractivity contribution in [3.8, 4) is 0 Å². The van der Waals surface area contributed by atoms with E-state index in [1.807, 2.05) is 12.1 Å². The molecule has 6 heteroatoms. The fraction of sp³-hybridized carbons (Fsp3) is 0.500. The lowest BCUT2D eigenvalue weighted by molar-refractivity contribution is -0.124. The number of nitrogens with one attached hydrogen (secondary N) is 2. The molecular weight excluding hydrogens is 328 g/mol. The van der Waals surface area contributed by atoms with E-state index in [0.29, 0.717) is 0 Å². The molecule has 26 heavy (non-hydrogen) atoms. The molecule has 0 aliphatic rings. The maximum Gasteiger partial charge on any atom is 0.267 e. The van der Waals surface area contributed by atoms with Crippen molar-refractivity contribution in [1.82, 2.24) is 20.3 Å². The van der Waals surface area contributed by atoms with E-state index in [9.17, 15) is 4.79 Å². The first-order chi connectivity index (χ1) is 12.6. The molecule has 6 nitrogen and oxygen atoms in total. The maximum absolute atomic E-state index is 11.4. The van der Waals surface area contributed by atoms with Gasteiger partial charge in [-0.1, -0.05) is 33.3 Å². The first-order valence-electron chi connectivity index (χ1n) is 9.47. The van der Waals surface area contributed by atoms with Crippen LogP contribution in [-0.2, 0) is 17.6 Å². The number of rotatable bonds is 10. The predicted octanol–water partition coefficient (Wildman–Crippen LogP) is 3.31. The molecule has 1 aromatic carbocycles. The van der Waals surface area contributed by atoms with Crippen LogP contribution in [0.15, 0.2) is 18.2 Å². The third kappa shape index (κ3) is 5.16. The third-order valence-electron chi connectivity index (χ3n) is 4.71. The van der Waals surface area contributed by atoms with Gasteiger partial charge in [-0.2, -0.15) is 0 Å². The van der Waals surface area contributed by atoms with Crippen molar-refractivity contribution in [3.63, 3.8) is 0 Å². The normalized spacial score (nSPS) is 11.7. The van der Waals surface area contributed by atoms with Crippen LogP contribution in [0.5, 0.6) is 0 Å². The molecule has 0 bridgehead atoms. The van der Waals surface area contributed by atoms with Crippen LogP contribution in [0.25, 0.3) is 17.1 Å². The summed E-state index contributed by atoms with van der Waals surface area (Å²) in [6.45, 7) is 9.45. The summed E-state index contributed by atoms with van der Waals surface area (Å²) in [6.07, 6.45) is 7.13. The van der Waals surface area contributed by atoms with Crippen LogP contribution in [0.4, 0.5) is 0 Å². The van der Waals surface area contributed by atoms with E-state index in [2.05, 4.69) is 30.7 Å². The van der Waals surface area contributed by atoms with Gasteiger partial charge >= 0.3 is 0 Å². The minimum Gasteiger partial charge on any atom is -0.342 e. The quantitative estimate of drug-likeness (QED) is 0.346. The summed E-state index contributed by atoms with van der Waals surface area (Å²) >= 11 is 0. The molecule has 1 heterocycles. The summed E-state index contributed by atoms with van der Waals surface area (Å²) in [5.74, 6) is 0.477. The molecule has 0 spiro atoms. The highest BCUT2D eigenvalue weighted by Crippen LogP contribution is 2.23. The number of imidazole rings is 1. The van der Waals surface area contributed by atoms with E-state index in [1.54, 1.807) is 11.6 Å². The van der Waals surface area contributed by atoms with Crippen molar-refractivity contribution in [3.05, 3.63) is 35.2 Å².